The summed E-state index contributed by atoms with van der Waals surface area (Å²) >= 11 is 11.5. The predicted octanol–water partition coefficient (Wildman–Crippen LogP) is 4.67. The Morgan fingerprint density at radius 2 is 2.05 bits per heavy atom. The van der Waals surface area contributed by atoms with Crippen molar-refractivity contribution in [2.45, 2.75) is 29.9 Å². The van der Waals surface area contributed by atoms with Gasteiger partial charge < -0.3 is 0 Å². The molecular weight excluding hydrogens is 344 g/mol. The van der Waals surface area contributed by atoms with Crippen molar-refractivity contribution >= 4 is 39.3 Å². The average Bonchev–Trinajstić information content (AvgIpc) is 2.87. The van der Waals surface area contributed by atoms with Gasteiger partial charge >= 0.3 is 0 Å². The summed E-state index contributed by atoms with van der Waals surface area (Å²) < 4.78 is 1.10. The second kappa shape index (κ2) is 5.81. The second-order valence-corrected chi connectivity index (χ2v) is 6.66. The van der Waals surface area contributed by atoms with Gasteiger partial charge in [-0.25, -0.2) is 9.97 Å². The molecule has 1 aliphatic carbocycles. The smallest absolute Gasteiger partial charge is 0.140 e. The lowest BCUT2D eigenvalue weighted by molar-refractivity contribution is 0.893. The molecule has 0 saturated heterocycles. The fourth-order valence-electron chi connectivity index (χ4n) is 2.20. The van der Waals surface area contributed by atoms with Crippen LogP contribution in [0.4, 0.5) is 0 Å². The van der Waals surface area contributed by atoms with E-state index in [1.54, 1.807) is 11.8 Å². The Hall–Kier alpha value is -0.580. The lowest BCUT2D eigenvalue weighted by atomic mass is 10.3. The summed E-state index contributed by atoms with van der Waals surface area (Å²) in [5, 5.41) is 0.644. The third-order valence-corrected chi connectivity index (χ3v) is 5.46. The zero-order valence-electron chi connectivity index (χ0n) is 10.2. The highest BCUT2D eigenvalue weighted by Crippen LogP contribution is 2.31. The predicted molar refractivity (Wildman–Crippen MR) is 82.8 cm³/mol. The Labute approximate surface area is 130 Å². The van der Waals surface area contributed by atoms with Crippen molar-refractivity contribution in [1.29, 1.82) is 0 Å². The monoisotopic (exact) mass is 354 g/mol. The van der Waals surface area contributed by atoms with Gasteiger partial charge in [0.15, 0.2) is 0 Å². The number of aryl methyl sites for hydroxylation is 1. The zero-order chi connectivity index (χ0) is 13.2. The highest BCUT2D eigenvalue weighted by atomic mass is 79.9. The fraction of sp³-hybridized carbons (Fsp3) is 0.286. The number of halogens is 2. The maximum atomic E-state index is 6.22. The van der Waals surface area contributed by atoms with Crippen LogP contribution in [0.5, 0.6) is 0 Å². The molecule has 5 heteroatoms. The van der Waals surface area contributed by atoms with E-state index in [9.17, 15) is 0 Å². The Kier molecular flexibility index (Phi) is 4.10. The van der Waals surface area contributed by atoms with Gasteiger partial charge in [-0.3, -0.25) is 0 Å². The number of hydrogen-bond donors (Lipinski definition) is 0. The molecule has 0 atom stereocenters. The van der Waals surface area contributed by atoms with Crippen molar-refractivity contribution in [3.05, 3.63) is 51.0 Å². The lowest BCUT2D eigenvalue weighted by Gasteiger charge is -2.06. The molecule has 0 aliphatic heterocycles. The van der Waals surface area contributed by atoms with E-state index in [0.717, 1.165) is 46.6 Å². The van der Waals surface area contributed by atoms with Gasteiger partial charge in [0.2, 0.25) is 0 Å². The van der Waals surface area contributed by atoms with Crippen LogP contribution >= 0.6 is 39.3 Å². The minimum absolute atomic E-state index is 0.644. The molecule has 2 nitrogen and oxygen atoms in total. The van der Waals surface area contributed by atoms with Crippen LogP contribution in [0.25, 0.3) is 0 Å². The normalized spacial score (nSPS) is 13.6. The Morgan fingerprint density at radius 1 is 1.21 bits per heavy atom. The van der Waals surface area contributed by atoms with Crippen LogP contribution in [0.15, 0.2) is 33.6 Å². The molecule has 0 N–H and O–H groups in total. The van der Waals surface area contributed by atoms with Gasteiger partial charge in [-0.05, 0) is 47.3 Å². The number of thioether (sulfide) groups is 1. The summed E-state index contributed by atoms with van der Waals surface area (Å²) in [5.74, 6) is 1.57. The van der Waals surface area contributed by atoms with E-state index in [1.165, 1.54) is 4.90 Å². The van der Waals surface area contributed by atoms with Crippen LogP contribution in [-0.4, -0.2) is 9.97 Å². The summed E-state index contributed by atoms with van der Waals surface area (Å²) in [4.78, 5) is 10.2. The van der Waals surface area contributed by atoms with E-state index in [2.05, 4.69) is 32.0 Å². The van der Waals surface area contributed by atoms with Crippen molar-refractivity contribution in [3.8, 4) is 0 Å². The lowest BCUT2D eigenvalue weighted by Crippen LogP contribution is -1.99. The van der Waals surface area contributed by atoms with Crippen molar-refractivity contribution < 1.29 is 0 Å². The van der Waals surface area contributed by atoms with E-state index in [0.29, 0.717) is 5.15 Å². The molecule has 3 rings (SSSR count). The van der Waals surface area contributed by atoms with Crippen molar-refractivity contribution in [1.82, 2.24) is 9.97 Å². The molecule has 0 bridgehead atoms. The zero-order valence-corrected chi connectivity index (χ0v) is 13.4. The standard InChI is InChI=1S/C14H12BrClN2S/c15-10-5-1-2-7-12(10)19-8-13-17-11-6-3-4-9(11)14(16)18-13/h1-2,5,7H,3-4,6,8H2. The Bertz CT molecular complexity index is 618. The number of rotatable bonds is 3. The van der Waals surface area contributed by atoms with Gasteiger partial charge in [0.05, 0.1) is 5.75 Å². The molecule has 98 valence electrons. The van der Waals surface area contributed by atoms with Crippen molar-refractivity contribution in [2.24, 2.45) is 0 Å². The number of fused-ring (bicyclic) bond motifs is 1. The SMILES string of the molecule is Clc1nc(CSc2ccccc2Br)nc2c1CCC2. The first kappa shape index (κ1) is 13.4. The van der Waals surface area contributed by atoms with Gasteiger partial charge in [-0.1, -0.05) is 23.7 Å². The largest absolute Gasteiger partial charge is 0.237 e. The summed E-state index contributed by atoms with van der Waals surface area (Å²) in [6.45, 7) is 0. The van der Waals surface area contributed by atoms with E-state index in [-0.39, 0.29) is 0 Å². The summed E-state index contributed by atoms with van der Waals surface area (Å²) in [5.41, 5.74) is 2.29. The van der Waals surface area contributed by atoms with Crippen LogP contribution in [-0.2, 0) is 18.6 Å². The first-order chi connectivity index (χ1) is 9.24. The molecule has 0 unspecified atom stereocenters. The summed E-state index contributed by atoms with van der Waals surface area (Å²) in [7, 11) is 0. The van der Waals surface area contributed by atoms with E-state index < -0.39 is 0 Å². The van der Waals surface area contributed by atoms with Crippen LogP contribution < -0.4 is 0 Å². The molecule has 1 aromatic heterocycles. The topological polar surface area (TPSA) is 25.8 Å². The molecule has 1 aromatic carbocycles. The molecule has 1 heterocycles. The van der Waals surface area contributed by atoms with Crippen LogP contribution in [0.1, 0.15) is 23.5 Å². The maximum Gasteiger partial charge on any atom is 0.140 e. The second-order valence-electron chi connectivity index (χ2n) is 4.43. The third kappa shape index (κ3) is 2.96. The number of benzene rings is 1. The van der Waals surface area contributed by atoms with Gasteiger partial charge in [0.1, 0.15) is 11.0 Å². The first-order valence-corrected chi connectivity index (χ1v) is 8.31. The van der Waals surface area contributed by atoms with Crippen molar-refractivity contribution in [3.63, 3.8) is 0 Å². The molecule has 0 saturated carbocycles. The van der Waals surface area contributed by atoms with Crippen LogP contribution in [0.2, 0.25) is 5.15 Å². The first-order valence-electron chi connectivity index (χ1n) is 6.15. The average molecular weight is 356 g/mol. The fourth-order valence-corrected chi connectivity index (χ4v) is 3.93. The molecule has 0 radical (unpaired) electrons. The van der Waals surface area contributed by atoms with Crippen LogP contribution in [0, 0.1) is 0 Å². The van der Waals surface area contributed by atoms with E-state index in [1.807, 2.05) is 18.2 Å². The molecule has 19 heavy (non-hydrogen) atoms. The van der Waals surface area contributed by atoms with Gasteiger partial charge in [-0.15, -0.1) is 11.8 Å². The number of aromatic nitrogens is 2. The number of nitrogens with zero attached hydrogens (tertiary/aromatic N) is 2. The van der Waals surface area contributed by atoms with Crippen molar-refractivity contribution in [2.75, 3.05) is 0 Å². The highest BCUT2D eigenvalue weighted by molar-refractivity contribution is 9.10. The molecule has 1 aliphatic rings. The third-order valence-electron chi connectivity index (χ3n) is 3.12. The number of hydrogen-bond acceptors (Lipinski definition) is 3. The van der Waals surface area contributed by atoms with Gasteiger partial charge in [-0.2, -0.15) is 0 Å². The Balaban J connectivity index is 1.78. The minimum Gasteiger partial charge on any atom is -0.237 e. The van der Waals surface area contributed by atoms with E-state index >= 15 is 0 Å². The molecule has 0 amide bonds. The van der Waals surface area contributed by atoms with Crippen LogP contribution in [0.3, 0.4) is 0 Å². The molecule has 2 aromatic rings. The van der Waals surface area contributed by atoms with E-state index in [4.69, 9.17) is 11.6 Å². The van der Waals surface area contributed by atoms with Gasteiger partial charge in [0.25, 0.3) is 0 Å². The maximum absolute atomic E-state index is 6.22. The quantitative estimate of drug-likeness (QED) is 0.591. The molecule has 0 fully saturated rings. The van der Waals surface area contributed by atoms with Gasteiger partial charge in [0, 0.05) is 20.6 Å². The molecule has 0 spiro atoms. The minimum atomic E-state index is 0.644. The summed E-state index contributed by atoms with van der Waals surface area (Å²) in [6, 6.07) is 8.17. The molecular formula is C14H12BrClN2S. The highest BCUT2D eigenvalue weighted by Gasteiger charge is 2.18. The summed E-state index contributed by atoms with van der Waals surface area (Å²) in [6.07, 6.45) is 3.20. The Morgan fingerprint density at radius 3 is 2.89 bits per heavy atom.